The monoisotopic (exact) mass is 324 g/mol. The third-order valence-corrected chi connectivity index (χ3v) is 4.10. The average Bonchev–Trinajstić information content (AvgIpc) is 2.87. The number of aromatic nitrogens is 3. The lowest BCUT2D eigenvalue weighted by Gasteiger charge is -2.07. The fourth-order valence-corrected chi connectivity index (χ4v) is 2.16. The normalized spacial score (nSPS) is 12.5. The minimum absolute atomic E-state index is 0.0884. The molecule has 0 saturated carbocycles. The number of carbonyl (C=O) groups excluding carboxylic acids is 1. The average molecular weight is 325 g/mol. The topological polar surface area (TPSA) is 59.3 Å². The molecule has 0 aliphatic carbocycles. The van der Waals surface area contributed by atoms with Gasteiger partial charge >= 0.3 is 0 Å². The molecule has 2 aromatic heterocycles. The summed E-state index contributed by atoms with van der Waals surface area (Å²) in [7, 11) is 0. The Balaban J connectivity index is 1.90. The van der Waals surface area contributed by atoms with Crippen molar-refractivity contribution in [3.8, 4) is 0 Å². The molecule has 0 radical (unpaired) electrons. The molecule has 0 aromatic carbocycles. The molecule has 0 saturated heterocycles. The van der Waals surface area contributed by atoms with E-state index in [0.717, 1.165) is 23.7 Å². The maximum absolute atomic E-state index is 12.0. The number of amides is 1. The van der Waals surface area contributed by atoms with E-state index >= 15 is 0 Å². The predicted molar refractivity (Wildman–Crippen MR) is 77.5 cm³/mol. The molecule has 0 aliphatic heterocycles. The highest BCUT2D eigenvalue weighted by molar-refractivity contribution is 9.09. The summed E-state index contributed by atoms with van der Waals surface area (Å²) in [5, 5.41) is 8.04. The minimum atomic E-state index is -0.0884. The van der Waals surface area contributed by atoms with Crippen molar-refractivity contribution in [3.05, 3.63) is 30.4 Å². The smallest absolute Gasteiger partial charge is 0.255 e. The first-order valence-corrected chi connectivity index (χ1v) is 7.46. The van der Waals surface area contributed by atoms with Gasteiger partial charge in [-0.2, -0.15) is 5.10 Å². The molecule has 0 spiro atoms. The van der Waals surface area contributed by atoms with E-state index in [1.165, 1.54) is 0 Å². The Morgan fingerprint density at radius 1 is 1.53 bits per heavy atom. The van der Waals surface area contributed by atoms with Gasteiger partial charge in [0.15, 0.2) is 0 Å². The highest BCUT2D eigenvalue weighted by atomic mass is 79.9. The molecule has 2 rings (SSSR count). The van der Waals surface area contributed by atoms with Gasteiger partial charge in [0, 0.05) is 24.3 Å². The van der Waals surface area contributed by atoms with Crippen LogP contribution in [-0.2, 0) is 0 Å². The van der Waals surface area contributed by atoms with Gasteiger partial charge in [0.05, 0.1) is 23.5 Å². The van der Waals surface area contributed by atoms with Crippen LogP contribution in [0.1, 0.15) is 30.1 Å². The number of carbonyl (C=O) groups is 1. The summed E-state index contributed by atoms with van der Waals surface area (Å²) >= 11 is 3.45. The van der Waals surface area contributed by atoms with E-state index in [2.05, 4.69) is 38.3 Å². The maximum atomic E-state index is 12.0. The summed E-state index contributed by atoms with van der Waals surface area (Å²) in [6.07, 6.45) is 8.67. The summed E-state index contributed by atoms with van der Waals surface area (Å²) < 4.78 is 1.65. The van der Waals surface area contributed by atoms with Crippen LogP contribution in [0.25, 0.3) is 5.52 Å². The van der Waals surface area contributed by atoms with Crippen molar-refractivity contribution in [2.24, 2.45) is 5.92 Å². The van der Waals surface area contributed by atoms with Gasteiger partial charge in [-0.05, 0) is 18.8 Å². The predicted octanol–water partition coefficient (Wildman–Crippen LogP) is 2.27. The number of nitrogens with zero attached hydrogens (tertiary/aromatic N) is 3. The van der Waals surface area contributed by atoms with E-state index in [0.29, 0.717) is 18.0 Å². The lowest BCUT2D eigenvalue weighted by molar-refractivity contribution is 0.0954. The van der Waals surface area contributed by atoms with Crippen LogP contribution in [0.15, 0.2) is 24.8 Å². The number of nitrogens with one attached hydrogen (secondary N) is 1. The van der Waals surface area contributed by atoms with E-state index in [9.17, 15) is 4.79 Å². The second kappa shape index (κ2) is 6.65. The Kier molecular flexibility index (Phi) is 4.90. The molecule has 5 nitrogen and oxygen atoms in total. The fourth-order valence-electron chi connectivity index (χ4n) is 1.83. The third kappa shape index (κ3) is 3.53. The SMILES string of the molecule is CC(CBr)CCCNC(=O)c1cnn2ccncc12. The Morgan fingerprint density at radius 2 is 2.37 bits per heavy atom. The van der Waals surface area contributed by atoms with Crippen LogP contribution in [0.2, 0.25) is 0 Å². The Bertz CT molecular complexity index is 554. The molecule has 1 amide bonds. The second-order valence-corrected chi connectivity index (χ2v) is 5.27. The standard InChI is InChI=1S/C13H17BrN4O/c1-10(7-14)3-2-4-16-13(19)11-8-17-18-6-5-15-9-12(11)18/h5-6,8-10H,2-4,7H2,1H3,(H,16,19). The quantitative estimate of drug-likeness (QED) is 0.655. The number of fused-ring (bicyclic) bond motifs is 1. The van der Waals surface area contributed by atoms with Crippen LogP contribution in [0.3, 0.4) is 0 Å². The van der Waals surface area contributed by atoms with E-state index in [1.54, 1.807) is 29.3 Å². The number of halogens is 1. The summed E-state index contributed by atoms with van der Waals surface area (Å²) in [5.41, 5.74) is 1.30. The van der Waals surface area contributed by atoms with Gasteiger partial charge in [-0.3, -0.25) is 9.78 Å². The molecule has 19 heavy (non-hydrogen) atoms. The summed E-state index contributed by atoms with van der Waals surface area (Å²) in [5.74, 6) is 0.549. The van der Waals surface area contributed by atoms with Crippen molar-refractivity contribution < 1.29 is 4.79 Å². The molecule has 6 heteroatoms. The van der Waals surface area contributed by atoms with Crippen LogP contribution >= 0.6 is 15.9 Å². The Morgan fingerprint density at radius 3 is 3.16 bits per heavy atom. The maximum Gasteiger partial charge on any atom is 0.255 e. The first kappa shape index (κ1) is 14.0. The van der Waals surface area contributed by atoms with Gasteiger partial charge < -0.3 is 5.32 Å². The number of hydrogen-bond acceptors (Lipinski definition) is 3. The van der Waals surface area contributed by atoms with Crippen molar-refractivity contribution in [2.75, 3.05) is 11.9 Å². The first-order chi connectivity index (χ1) is 9.22. The van der Waals surface area contributed by atoms with Crippen LogP contribution < -0.4 is 5.32 Å². The van der Waals surface area contributed by atoms with E-state index < -0.39 is 0 Å². The van der Waals surface area contributed by atoms with Crippen LogP contribution in [-0.4, -0.2) is 32.4 Å². The summed E-state index contributed by atoms with van der Waals surface area (Å²) in [6.45, 7) is 2.88. The van der Waals surface area contributed by atoms with Gasteiger partial charge in [-0.25, -0.2) is 4.52 Å². The lowest BCUT2D eigenvalue weighted by atomic mass is 10.1. The summed E-state index contributed by atoms with van der Waals surface area (Å²) in [4.78, 5) is 16.0. The van der Waals surface area contributed by atoms with Crippen molar-refractivity contribution in [3.63, 3.8) is 0 Å². The zero-order valence-electron chi connectivity index (χ0n) is 10.8. The first-order valence-electron chi connectivity index (χ1n) is 6.34. The number of alkyl halides is 1. The fraction of sp³-hybridized carbons (Fsp3) is 0.462. The molecule has 1 N–H and O–H groups in total. The van der Waals surface area contributed by atoms with Gasteiger partial charge in [0.1, 0.15) is 0 Å². The zero-order valence-corrected chi connectivity index (χ0v) is 12.4. The van der Waals surface area contributed by atoms with E-state index in [1.807, 2.05) is 0 Å². The Labute approximate surface area is 120 Å². The molecular formula is C13H17BrN4O. The minimum Gasteiger partial charge on any atom is -0.352 e. The molecular weight excluding hydrogens is 308 g/mol. The molecule has 102 valence electrons. The highest BCUT2D eigenvalue weighted by Crippen LogP contribution is 2.09. The molecule has 0 aliphatic rings. The molecule has 1 unspecified atom stereocenters. The van der Waals surface area contributed by atoms with Crippen LogP contribution in [0.5, 0.6) is 0 Å². The van der Waals surface area contributed by atoms with Gasteiger partial charge in [0.25, 0.3) is 5.91 Å². The van der Waals surface area contributed by atoms with Crippen molar-refractivity contribution >= 4 is 27.4 Å². The van der Waals surface area contributed by atoms with Crippen LogP contribution in [0.4, 0.5) is 0 Å². The molecule has 2 aromatic rings. The van der Waals surface area contributed by atoms with Crippen LogP contribution in [0, 0.1) is 5.92 Å². The largest absolute Gasteiger partial charge is 0.352 e. The summed E-state index contributed by atoms with van der Waals surface area (Å²) in [6, 6.07) is 0. The lowest BCUT2D eigenvalue weighted by Crippen LogP contribution is -2.24. The molecule has 1 atom stereocenters. The van der Waals surface area contributed by atoms with Gasteiger partial charge in [0.2, 0.25) is 0 Å². The van der Waals surface area contributed by atoms with Crippen molar-refractivity contribution in [1.82, 2.24) is 19.9 Å². The third-order valence-electron chi connectivity index (χ3n) is 2.99. The highest BCUT2D eigenvalue weighted by Gasteiger charge is 2.11. The molecule has 0 bridgehead atoms. The second-order valence-electron chi connectivity index (χ2n) is 4.62. The van der Waals surface area contributed by atoms with Gasteiger partial charge in [-0.1, -0.05) is 22.9 Å². The zero-order chi connectivity index (χ0) is 13.7. The van der Waals surface area contributed by atoms with E-state index in [4.69, 9.17) is 0 Å². The van der Waals surface area contributed by atoms with Crippen molar-refractivity contribution in [2.45, 2.75) is 19.8 Å². The number of rotatable bonds is 6. The van der Waals surface area contributed by atoms with E-state index in [-0.39, 0.29) is 5.91 Å². The van der Waals surface area contributed by atoms with Crippen molar-refractivity contribution in [1.29, 1.82) is 0 Å². The Hall–Kier alpha value is -1.43. The number of hydrogen-bond donors (Lipinski definition) is 1. The van der Waals surface area contributed by atoms with Gasteiger partial charge in [-0.15, -0.1) is 0 Å². The molecule has 2 heterocycles. The molecule has 0 fully saturated rings.